The number of nitrogens with zero attached hydrogens (tertiary/aromatic N) is 2. The number of aromatic nitrogens is 2. The Hall–Kier alpha value is -1.91. The molecule has 5 heteroatoms. The van der Waals surface area contributed by atoms with Crippen LogP contribution in [-0.4, -0.2) is 20.6 Å². The largest absolute Gasteiger partial charge is 0.481 e. The molecule has 0 radical (unpaired) electrons. The number of carboxylic acids is 1. The Bertz CT molecular complexity index is 590. The molecule has 0 atom stereocenters. The van der Waals surface area contributed by atoms with Gasteiger partial charge in [0.1, 0.15) is 18.1 Å². The monoisotopic (exact) mass is 250 g/mol. The van der Waals surface area contributed by atoms with E-state index in [4.69, 9.17) is 5.11 Å². The van der Waals surface area contributed by atoms with Gasteiger partial charge >= 0.3 is 5.97 Å². The Kier molecular flexibility index (Phi) is 3.32. The first-order valence-corrected chi connectivity index (χ1v) is 5.84. The van der Waals surface area contributed by atoms with Crippen molar-refractivity contribution in [2.45, 2.75) is 26.8 Å². The van der Waals surface area contributed by atoms with E-state index in [1.807, 2.05) is 18.4 Å². The van der Waals surface area contributed by atoms with Crippen molar-refractivity contribution in [3.63, 3.8) is 0 Å². The van der Waals surface area contributed by atoms with Gasteiger partial charge in [0, 0.05) is 12.6 Å². The molecule has 0 aliphatic heterocycles. The maximum absolute atomic E-state index is 13.1. The van der Waals surface area contributed by atoms with Gasteiger partial charge in [0.05, 0.1) is 11.0 Å². The van der Waals surface area contributed by atoms with E-state index in [9.17, 15) is 9.18 Å². The van der Waals surface area contributed by atoms with E-state index < -0.39 is 5.97 Å². The predicted octanol–water partition coefficient (Wildman–Crippen LogP) is 2.46. The fourth-order valence-electron chi connectivity index (χ4n) is 1.99. The molecule has 0 saturated heterocycles. The number of carboxylic acid groups (broad SMARTS) is 1. The average molecular weight is 250 g/mol. The molecule has 0 unspecified atom stereocenters. The summed E-state index contributed by atoms with van der Waals surface area (Å²) in [6, 6.07) is 4.34. The zero-order valence-electron chi connectivity index (χ0n) is 10.4. The summed E-state index contributed by atoms with van der Waals surface area (Å²) in [5.74, 6) is -0.467. The van der Waals surface area contributed by atoms with Crippen LogP contribution in [0, 0.1) is 11.7 Å². The predicted molar refractivity (Wildman–Crippen MR) is 65.9 cm³/mol. The lowest BCUT2D eigenvalue weighted by molar-refractivity contribution is -0.136. The molecule has 0 spiro atoms. The average Bonchev–Trinajstić information content (AvgIpc) is 2.54. The van der Waals surface area contributed by atoms with E-state index in [1.54, 1.807) is 6.07 Å². The lowest BCUT2D eigenvalue weighted by Gasteiger charge is -2.10. The topological polar surface area (TPSA) is 55.1 Å². The summed E-state index contributed by atoms with van der Waals surface area (Å²) in [5.41, 5.74) is 1.29. The molecule has 1 aromatic heterocycles. The maximum atomic E-state index is 13.1. The molecule has 0 aliphatic carbocycles. The second-order valence-corrected chi connectivity index (χ2v) is 4.74. The van der Waals surface area contributed by atoms with E-state index in [0.717, 1.165) is 5.52 Å². The van der Waals surface area contributed by atoms with Gasteiger partial charge in [-0.2, -0.15) is 0 Å². The lowest BCUT2D eigenvalue weighted by Crippen LogP contribution is -2.12. The van der Waals surface area contributed by atoms with Crippen molar-refractivity contribution >= 4 is 17.0 Å². The number of rotatable bonds is 4. The van der Waals surface area contributed by atoms with Crippen molar-refractivity contribution in [2.75, 3.05) is 0 Å². The summed E-state index contributed by atoms with van der Waals surface area (Å²) in [7, 11) is 0. The van der Waals surface area contributed by atoms with Crippen molar-refractivity contribution < 1.29 is 14.3 Å². The zero-order valence-corrected chi connectivity index (χ0v) is 10.4. The van der Waals surface area contributed by atoms with Crippen molar-refractivity contribution in [3.8, 4) is 0 Å². The van der Waals surface area contributed by atoms with E-state index >= 15 is 0 Å². The molecule has 4 nitrogen and oxygen atoms in total. The molecular formula is C13H15FN2O2. The van der Waals surface area contributed by atoms with Crippen LogP contribution in [0.1, 0.15) is 19.7 Å². The summed E-state index contributed by atoms with van der Waals surface area (Å²) in [6.45, 7) is 4.75. The fourth-order valence-corrected chi connectivity index (χ4v) is 1.99. The number of hydrogen-bond donors (Lipinski definition) is 1. The molecule has 1 N–H and O–H groups in total. The van der Waals surface area contributed by atoms with Gasteiger partial charge in [-0.3, -0.25) is 4.79 Å². The maximum Gasteiger partial charge on any atom is 0.311 e. The minimum absolute atomic E-state index is 0.150. The molecular weight excluding hydrogens is 235 g/mol. The van der Waals surface area contributed by atoms with Gasteiger partial charge in [-0.25, -0.2) is 9.37 Å². The first-order chi connectivity index (χ1) is 8.47. The SMILES string of the molecule is CC(C)Cn1c(CC(=O)O)nc2cc(F)ccc21. The highest BCUT2D eigenvalue weighted by Gasteiger charge is 2.14. The molecule has 0 saturated carbocycles. The van der Waals surface area contributed by atoms with Gasteiger partial charge in [-0.1, -0.05) is 13.8 Å². The highest BCUT2D eigenvalue weighted by Crippen LogP contribution is 2.19. The van der Waals surface area contributed by atoms with Crippen LogP contribution in [0.3, 0.4) is 0 Å². The Morgan fingerprint density at radius 2 is 2.22 bits per heavy atom. The molecule has 18 heavy (non-hydrogen) atoms. The van der Waals surface area contributed by atoms with Gasteiger partial charge < -0.3 is 9.67 Å². The molecule has 1 aromatic carbocycles. The van der Waals surface area contributed by atoms with E-state index in [-0.39, 0.29) is 12.2 Å². The smallest absolute Gasteiger partial charge is 0.311 e. The number of carbonyl (C=O) groups is 1. The second-order valence-electron chi connectivity index (χ2n) is 4.74. The van der Waals surface area contributed by atoms with Crippen LogP contribution in [0.4, 0.5) is 4.39 Å². The number of benzene rings is 1. The molecule has 2 rings (SSSR count). The third kappa shape index (κ3) is 2.50. The summed E-state index contributed by atoms with van der Waals surface area (Å²) < 4.78 is 15.0. The Balaban J connectivity index is 2.56. The summed E-state index contributed by atoms with van der Waals surface area (Å²) in [5, 5.41) is 8.88. The Morgan fingerprint density at radius 1 is 1.50 bits per heavy atom. The standard InChI is InChI=1S/C13H15FN2O2/c1-8(2)7-16-11-4-3-9(14)5-10(11)15-12(16)6-13(17)18/h3-5,8H,6-7H2,1-2H3,(H,17,18). The highest BCUT2D eigenvalue weighted by atomic mass is 19.1. The third-order valence-electron chi connectivity index (χ3n) is 2.65. The first-order valence-electron chi connectivity index (χ1n) is 5.84. The van der Waals surface area contributed by atoms with Gasteiger partial charge in [0.25, 0.3) is 0 Å². The second kappa shape index (κ2) is 4.76. The number of hydrogen-bond acceptors (Lipinski definition) is 2. The summed E-state index contributed by atoms with van der Waals surface area (Å²) in [6.07, 6.45) is -0.150. The van der Waals surface area contributed by atoms with Crippen molar-refractivity contribution in [1.82, 2.24) is 9.55 Å². The van der Waals surface area contributed by atoms with Gasteiger partial charge in [0.2, 0.25) is 0 Å². The minimum atomic E-state index is -0.934. The van der Waals surface area contributed by atoms with E-state index in [2.05, 4.69) is 4.98 Å². The van der Waals surface area contributed by atoms with Crippen molar-refractivity contribution in [3.05, 3.63) is 29.8 Å². The normalized spacial score (nSPS) is 11.3. The third-order valence-corrected chi connectivity index (χ3v) is 2.65. The Labute approximate surface area is 104 Å². The first kappa shape index (κ1) is 12.5. The molecule has 0 amide bonds. The van der Waals surface area contributed by atoms with Crippen LogP contribution in [0.2, 0.25) is 0 Å². The highest BCUT2D eigenvalue weighted by molar-refractivity contribution is 5.78. The van der Waals surface area contributed by atoms with Gasteiger partial charge in [-0.15, -0.1) is 0 Å². The van der Waals surface area contributed by atoms with Crippen LogP contribution < -0.4 is 0 Å². The fraction of sp³-hybridized carbons (Fsp3) is 0.385. The van der Waals surface area contributed by atoms with Gasteiger partial charge in [0.15, 0.2) is 0 Å². The van der Waals surface area contributed by atoms with Crippen LogP contribution in [0.15, 0.2) is 18.2 Å². The number of fused-ring (bicyclic) bond motifs is 1. The van der Waals surface area contributed by atoms with Crippen molar-refractivity contribution in [1.29, 1.82) is 0 Å². The van der Waals surface area contributed by atoms with Gasteiger partial charge in [-0.05, 0) is 18.1 Å². The summed E-state index contributed by atoms with van der Waals surface area (Å²) in [4.78, 5) is 15.0. The lowest BCUT2D eigenvalue weighted by atomic mass is 10.2. The Morgan fingerprint density at radius 3 is 2.83 bits per heavy atom. The van der Waals surface area contributed by atoms with Crippen LogP contribution in [-0.2, 0) is 17.8 Å². The molecule has 1 heterocycles. The zero-order chi connectivity index (χ0) is 13.3. The molecule has 0 aliphatic rings. The van der Waals surface area contributed by atoms with E-state index in [0.29, 0.717) is 23.8 Å². The van der Waals surface area contributed by atoms with E-state index in [1.165, 1.54) is 12.1 Å². The van der Waals surface area contributed by atoms with Crippen LogP contribution >= 0.6 is 0 Å². The minimum Gasteiger partial charge on any atom is -0.481 e. The van der Waals surface area contributed by atoms with Crippen LogP contribution in [0.25, 0.3) is 11.0 Å². The molecule has 96 valence electrons. The number of aliphatic carboxylic acids is 1. The van der Waals surface area contributed by atoms with Crippen LogP contribution in [0.5, 0.6) is 0 Å². The number of halogens is 1. The van der Waals surface area contributed by atoms with Crippen molar-refractivity contribution in [2.24, 2.45) is 5.92 Å². The molecule has 0 bridgehead atoms. The molecule has 0 fully saturated rings. The summed E-state index contributed by atoms with van der Waals surface area (Å²) >= 11 is 0. The molecule has 2 aromatic rings. The number of imidazole rings is 1. The quantitative estimate of drug-likeness (QED) is 0.906.